The molecule has 1 aliphatic carbocycles. The highest BCUT2D eigenvalue weighted by molar-refractivity contribution is 5.85. The molecule has 2 unspecified atom stereocenters. The van der Waals surface area contributed by atoms with Crippen LogP contribution in [0.25, 0.3) is 0 Å². The number of nitrogens with one attached hydrogen (secondary N) is 1. The van der Waals surface area contributed by atoms with Gasteiger partial charge in [-0.25, -0.2) is 4.39 Å². The zero-order valence-corrected chi connectivity index (χ0v) is 10.2. The van der Waals surface area contributed by atoms with Crippen molar-refractivity contribution in [2.45, 2.75) is 24.4 Å². The van der Waals surface area contributed by atoms with Gasteiger partial charge >= 0.3 is 6.18 Å². The molecule has 0 aromatic heterocycles. The molecule has 100 valence electrons. The zero-order chi connectivity index (χ0) is 12.2. The van der Waals surface area contributed by atoms with Crippen LogP contribution in [0.5, 0.6) is 0 Å². The summed E-state index contributed by atoms with van der Waals surface area (Å²) >= 11 is 0. The molecule has 18 heavy (non-hydrogen) atoms. The maximum Gasteiger partial charge on any atom is 0.419 e. The maximum absolute atomic E-state index is 13.5. The first-order valence-corrected chi connectivity index (χ1v) is 5.58. The molecule has 3 rings (SSSR count). The minimum atomic E-state index is -4.61. The van der Waals surface area contributed by atoms with Gasteiger partial charge in [-0.1, -0.05) is 0 Å². The predicted octanol–water partition coefficient (Wildman–Crippen LogP) is 3.44. The van der Waals surface area contributed by atoms with Crippen LogP contribution in [0.1, 0.15) is 34.9 Å². The van der Waals surface area contributed by atoms with E-state index >= 15 is 0 Å². The number of hydrogen-bond acceptors (Lipinski definition) is 1. The molecule has 0 spiro atoms. The first-order chi connectivity index (χ1) is 7.97. The first-order valence-electron chi connectivity index (χ1n) is 5.58. The molecular weight excluding hydrogens is 270 g/mol. The van der Waals surface area contributed by atoms with Gasteiger partial charge in [-0.2, -0.15) is 13.2 Å². The summed E-state index contributed by atoms with van der Waals surface area (Å²) in [5, 5.41) is 3.17. The lowest BCUT2D eigenvalue weighted by atomic mass is 9.98. The summed E-state index contributed by atoms with van der Waals surface area (Å²) in [6.45, 7) is 1.42. The summed E-state index contributed by atoms with van der Waals surface area (Å²) in [5.74, 6) is -0.880. The van der Waals surface area contributed by atoms with Gasteiger partial charge in [0.2, 0.25) is 0 Å². The second-order valence-corrected chi connectivity index (χ2v) is 4.75. The number of hydrogen-bond donors (Lipinski definition) is 1. The summed E-state index contributed by atoms with van der Waals surface area (Å²) in [7, 11) is 0. The van der Waals surface area contributed by atoms with Crippen LogP contribution in [0.3, 0.4) is 0 Å². The number of halogens is 5. The van der Waals surface area contributed by atoms with Gasteiger partial charge in [-0.05, 0) is 41.5 Å². The predicted molar refractivity (Wildman–Crippen MR) is 61.6 cm³/mol. The first kappa shape index (κ1) is 13.6. The largest absolute Gasteiger partial charge is 0.419 e. The van der Waals surface area contributed by atoms with Crippen LogP contribution >= 0.6 is 12.4 Å². The molecule has 1 aromatic carbocycles. The van der Waals surface area contributed by atoms with Crippen molar-refractivity contribution < 1.29 is 17.6 Å². The topological polar surface area (TPSA) is 12.0 Å². The SMILES string of the molecule is Cl.Fc1cc2c(cc1C(F)(F)F)C1CNCC2C1. The molecule has 2 atom stereocenters. The van der Waals surface area contributed by atoms with Gasteiger partial charge in [-0.3, -0.25) is 0 Å². The smallest absolute Gasteiger partial charge is 0.316 e. The fraction of sp³-hybridized carbons (Fsp3) is 0.500. The summed E-state index contributed by atoms with van der Waals surface area (Å²) < 4.78 is 51.3. The van der Waals surface area contributed by atoms with E-state index in [2.05, 4.69) is 5.32 Å². The van der Waals surface area contributed by atoms with Crippen LogP contribution in [-0.2, 0) is 6.18 Å². The highest BCUT2D eigenvalue weighted by Gasteiger charge is 2.40. The summed E-state index contributed by atoms with van der Waals surface area (Å²) in [5.41, 5.74) is 0.294. The quantitative estimate of drug-likeness (QED) is 0.718. The van der Waals surface area contributed by atoms with Crippen molar-refractivity contribution in [2.75, 3.05) is 13.1 Å². The van der Waals surface area contributed by atoms with Crippen LogP contribution in [-0.4, -0.2) is 13.1 Å². The van der Waals surface area contributed by atoms with Crippen LogP contribution in [0.2, 0.25) is 0 Å². The highest BCUT2D eigenvalue weighted by Crippen LogP contribution is 2.46. The molecule has 0 radical (unpaired) electrons. The molecule has 1 N–H and O–H groups in total. The number of alkyl halides is 3. The summed E-state index contributed by atoms with van der Waals surface area (Å²) in [4.78, 5) is 0. The Kier molecular flexibility index (Phi) is 3.32. The third-order valence-electron chi connectivity index (χ3n) is 3.71. The maximum atomic E-state index is 13.5. The molecule has 1 aromatic rings. The third kappa shape index (κ3) is 1.99. The van der Waals surface area contributed by atoms with Crippen molar-refractivity contribution in [3.63, 3.8) is 0 Å². The van der Waals surface area contributed by atoms with Gasteiger partial charge in [0.1, 0.15) is 5.82 Å². The molecule has 6 heteroatoms. The molecule has 2 bridgehead atoms. The molecule has 1 nitrogen and oxygen atoms in total. The van der Waals surface area contributed by atoms with Crippen molar-refractivity contribution in [3.8, 4) is 0 Å². The Morgan fingerprint density at radius 2 is 1.61 bits per heavy atom. The minimum absolute atomic E-state index is 0. The number of piperidine rings is 1. The monoisotopic (exact) mass is 281 g/mol. The van der Waals surface area contributed by atoms with Crippen LogP contribution in [0, 0.1) is 5.82 Å². The molecule has 2 aliphatic rings. The Hall–Kier alpha value is -0.810. The van der Waals surface area contributed by atoms with Gasteiger partial charge in [0.15, 0.2) is 0 Å². The normalized spacial score (nSPS) is 25.6. The molecular formula is C12H12ClF4N. The molecule has 1 fully saturated rings. The van der Waals surface area contributed by atoms with Gasteiger partial charge in [0, 0.05) is 13.1 Å². The van der Waals surface area contributed by atoms with Gasteiger partial charge in [0.25, 0.3) is 0 Å². The lowest BCUT2D eigenvalue weighted by molar-refractivity contribution is -0.140. The average molecular weight is 282 g/mol. The lowest BCUT2D eigenvalue weighted by Gasteiger charge is -2.19. The van der Waals surface area contributed by atoms with Crippen LogP contribution < -0.4 is 5.32 Å². The Bertz CT molecular complexity index is 472. The molecule has 1 aliphatic heterocycles. The average Bonchev–Trinajstić information content (AvgIpc) is 2.48. The Labute approximate surface area is 108 Å². The van der Waals surface area contributed by atoms with E-state index in [0.29, 0.717) is 12.1 Å². The van der Waals surface area contributed by atoms with Crippen LogP contribution in [0.4, 0.5) is 17.6 Å². The Balaban J connectivity index is 0.00000120. The summed E-state index contributed by atoms with van der Waals surface area (Å²) in [6.07, 6.45) is -3.77. The highest BCUT2D eigenvalue weighted by atomic mass is 35.5. The van der Waals surface area contributed by atoms with Crippen LogP contribution in [0.15, 0.2) is 12.1 Å². The van der Waals surface area contributed by atoms with Gasteiger partial charge < -0.3 is 5.32 Å². The molecule has 0 amide bonds. The van der Waals surface area contributed by atoms with Crippen molar-refractivity contribution in [3.05, 3.63) is 34.6 Å². The molecule has 1 saturated heterocycles. The number of benzene rings is 1. The summed E-state index contributed by atoms with van der Waals surface area (Å²) in [6, 6.07) is 2.08. The van der Waals surface area contributed by atoms with Crippen molar-refractivity contribution >= 4 is 12.4 Å². The van der Waals surface area contributed by atoms with E-state index in [4.69, 9.17) is 0 Å². The van der Waals surface area contributed by atoms with E-state index < -0.39 is 17.6 Å². The minimum Gasteiger partial charge on any atom is -0.316 e. The second-order valence-electron chi connectivity index (χ2n) is 4.75. The third-order valence-corrected chi connectivity index (χ3v) is 3.71. The molecule has 0 saturated carbocycles. The van der Waals surface area contributed by atoms with E-state index in [1.54, 1.807) is 0 Å². The van der Waals surface area contributed by atoms with Gasteiger partial charge in [0.05, 0.1) is 5.56 Å². The Morgan fingerprint density at radius 1 is 1.06 bits per heavy atom. The zero-order valence-electron chi connectivity index (χ0n) is 9.35. The van der Waals surface area contributed by atoms with E-state index in [-0.39, 0.29) is 24.2 Å². The van der Waals surface area contributed by atoms with E-state index in [1.165, 1.54) is 0 Å². The number of fused-ring (bicyclic) bond motifs is 5. The lowest BCUT2D eigenvalue weighted by Crippen LogP contribution is -2.28. The molecule has 1 heterocycles. The fourth-order valence-electron chi connectivity index (χ4n) is 2.95. The van der Waals surface area contributed by atoms with E-state index in [1.807, 2.05) is 0 Å². The number of rotatable bonds is 0. The van der Waals surface area contributed by atoms with Gasteiger partial charge in [-0.15, -0.1) is 12.4 Å². The van der Waals surface area contributed by atoms with E-state index in [9.17, 15) is 17.6 Å². The fourth-order valence-corrected chi connectivity index (χ4v) is 2.95. The van der Waals surface area contributed by atoms with Crippen molar-refractivity contribution in [1.29, 1.82) is 0 Å². The standard InChI is InChI=1S/C12H11F4N.ClH/c13-11-3-9-7-1-6(4-17-5-7)8(9)2-10(11)12(14,15)16;/h2-3,6-7,17H,1,4-5H2;1H. The van der Waals surface area contributed by atoms with E-state index in [0.717, 1.165) is 30.7 Å². The second kappa shape index (κ2) is 4.38. The van der Waals surface area contributed by atoms with Crippen molar-refractivity contribution in [1.82, 2.24) is 5.32 Å². The Morgan fingerprint density at radius 3 is 2.17 bits per heavy atom. The van der Waals surface area contributed by atoms with Crippen molar-refractivity contribution in [2.24, 2.45) is 0 Å².